The van der Waals surface area contributed by atoms with E-state index >= 15 is 0 Å². The van der Waals surface area contributed by atoms with E-state index < -0.39 is 10.0 Å². The Hall–Kier alpha value is -1.42. The average molecular weight is 280 g/mol. The Morgan fingerprint density at radius 1 is 1.37 bits per heavy atom. The SMILES string of the molecule is N#Cc1ccc(S(=O)(=O)NC(CCO)C2CC2)cc1. The minimum absolute atomic E-state index is 0.0307. The molecule has 0 amide bonds. The number of nitrogens with zero attached hydrogens (tertiary/aromatic N) is 1. The zero-order valence-corrected chi connectivity index (χ0v) is 11.2. The molecule has 2 rings (SSSR count). The summed E-state index contributed by atoms with van der Waals surface area (Å²) in [5.41, 5.74) is 0.424. The molecule has 1 aliphatic carbocycles. The summed E-state index contributed by atoms with van der Waals surface area (Å²) >= 11 is 0. The smallest absolute Gasteiger partial charge is 0.240 e. The van der Waals surface area contributed by atoms with Gasteiger partial charge in [-0.15, -0.1) is 0 Å². The second-order valence-corrected chi connectivity index (χ2v) is 6.43. The van der Waals surface area contributed by atoms with Gasteiger partial charge in [0.15, 0.2) is 0 Å². The highest BCUT2D eigenvalue weighted by molar-refractivity contribution is 7.89. The number of sulfonamides is 1. The molecule has 0 bridgehead atoms. The van der Waals surface area contributed by atoms with Crippen molar-refractivity contribution in [2.24, 2.45) is 5.92 Å². The highest BCUT2D eigenvalue weighted by Crippen LogP contribution is 2.34. The van der Waals surface area contributed by atoms with Crippen LogP contribution in [0.25, 0.3) is 0 Å². The molecule has 1 atom stereocenters. The molecule has 0 spiro atoms. The van der Waals surface area contributed by atoms with Gasteiger partial charge in [0, 0.05) is 12.6 Å². The van der Waals surface area contributed by atoms with Crippen LogP contribution in [0.3, 0.4) is 0 Å². The van der Waals surface area contributed by atoms with Gasteiger partial charge in [-0.05, 0) is 49.4 Å². The molecule has 0 saturated heterocycles. The highest BCUT2D eigenvalue weighted by atomic mass is 32.2. The number of rotatable bonds is 6. The van der Waals surface area contributed by atoms with Gasteiger partial charge >= 0.3 is 0 Å². The third-order valence-electron chi connectivity index (χ3n) is 3.23. The Labute approximate surface area is 112 Å². The lowest BCUT2D eigenvalue weighted by molar-refractivity contribution is 0.265. The van der Waals surface area contributed by atoms with Gasteiger partial charge in [0.2, 0.25) is 10.0 Å². The summed E-state index contributed by atoms with van der Waals surface area (Å²) in [4.78, 5) is 0.148. The second kappa shape index (κ2) is 5.70. The first kappa shape index (κ1) is 14.0. The topological polar surface area (TPSA) is 90.2 Å². The normalized spacial score (nSPS) is 16.8. The van der Waals surface area contributed by atoms with E-state index in [1.807, 2.05) is 6.07 Å². The van der Waals surface area contributed by atoms with Crippen molar-refractivity contribution in [3.05, 3.63) is 29.8 Å². The number of benzene rings is 1. The minimum Gasteiger partial charge on any atom is -0.396 e. The molecule has 0 heterocycles. The molecular formula is C13H16N2O3S. The lowest BCUT2D eigenvalue weighted by atomic mass is 10.1. The maximum atomic E-state index is 12.2. The predicted octanol–water partition coefficient (Wildman–Crippen LogP) is 0.998. The summed E-state index contributed by atoms with van der Waals surface area (Å²) in [6.45, 7) is -0.0307. The predicted molar refractivity (Wildman–Crippen MR) is 69.7 cm³/mol. The lowest BCUT2D eigenvalue weighted by Gasteiger charge is -2.17. The number of hydrogen-bond acceptors (Lipinski definition) is 4. The van der Waals surface area contributed by atoms with Crippen LogP contribution < -0.4 is 4.72 Å². The number of nitriles is 1. The molecule has 0 radical (unpaired) electrons. The molecule has 5 nitrogen and oxygen atoms in total. The van der Waals surface area contributed by atoms with Crippen molar-refractivity contribution in [2.45, 2.75) is 30.2 Å². The molecule has 2 N–H and O–H groups in total. The van der Waals surface area contributed by atoms with Crippen LogP contribution in [0.4, 0.5) is 0 Å². The minimum atomic E-state index is -3.58. The summed E-state index contributed by atoms with van der Waals surface area (Å²) in [5, 5.41) is 17.7. The quantitative estimate of drug-likeness (QED) is 0.813. The van der Waals surface area contributed by atoms with Crippen molar-refractivity contribution in [1.82, 2.24) is 4.72 Å². The van der Waals surface area contributed by atoms with E-state index in [2.05, 4.69) is 4.72 Å². The van der Waals surface area contributed by atoms with Gasteiger partial charge in [-0.1, -0.05) is 0 Å². The van der Waals surface area contributed by atoms with Crippen molar-refractivity contribution < 1.29 is 13.5 Å². The fraction of sp³-hybridized carbons (Fsp3) is 0.462. The van der Waals surface area contributed by atoms with Gasteiger partial charge < -0.3 is 5.11 Å². The van der Waals surface area contributed by atoms with Gasteiger partial charge in [-0.25, -0.2) is 13.1 Å². The van der Waals surface area contributed by atoms with Crippen LogP contribution in [0.5, 0.6) is 0 Å². The summed E-state index contributed by atoms with van der Waals surface area (Å²) in [6, 6.07) is 7.54. The van der Waals surface area contributed by atoms with Crippen LogP contribution >= 0.6 is 0 Å². The first-order valence-electron chi connectivity index (χ1n) is 6.20. The lowest BCUT2D eigenvalue weighted by Crippen LogP contribution is -2.37. The van der Waals surface area contributed by atoms with Crippen molar-refractivity contribution in [3.8, 4) is 6.07 Å². The van der Waals surface area contributed by atoms with Gasteiger partial charge in [0.1, 0.15) is 0 Å². The third kappa shape index (κ3) is 3.53. The van der Waals surface area contributed by atoms with Gasteiger partial charge in [0.05, 0.1) is 16.5 Å². The largest absolute Gasteiger partial charge is 0.396 e. The van der Waals surface area contributed by atoms with Crippen molar-refractivity contribution in [3.63, 3.8) is 0 Å². The Bertz CT molecular complexity index is 571. The molecule has 1 unspecified atom stereocenters. The van der Waals surface area contributed by atoms with Gasteiger partial charge in [-0.2, -0.15) is 5.26 Å². The molecule has 102 valence electrons. The molecule has 0 aromatic heterocycles. The van der Waals surface area contributed by atoms with Crippen molar-refractivity contribution >= 4 is 10.0 Å². The number of aliphatic hydroxyl groups excluding tert-OH is 1. The third-order valence-corrected chi connectivity index (χ3v) is 4.74. The molecule has 0 aliphatic heterocycles. The van der Waals surface area contributed by atoms with Crippen LogP contribution in [-0.2, 0) is 10.0 Å². The number of nitrogens with one attached hydrogen (secondary N) is 1. The maximum absolute atomic E-state index is 12.2. The maximum Gasteiger partial charge on any atom is 0.240 e. The Balaban J connectivity index is 2.14. The van der Waals surface area contributed by atoms with E-state index in [1.54, 1.807) is 0 Å². The zero-order chi connectivity index (χ0) is 13.9. The monoisotopic (exact) mass is 280 g/mol. The van der Waals surface area contributed by atoms with E-state index in [-0.39, 0.29) is 17.5 Å². The summed E-state index contributed by atoms with van der Waals surface area (Å²) < 4.78 is 27.0. The van der Waals surface area contributed by atoms with Crippen LogP contribution in [-0.4, -0.2) is 26.2 Å². The zero-order valence-electron chi connectivity index (χ0n) is 10.4. The van der Waals surface area contributed by atoms with Gasteiger partial charge in [-0.3, -0.25) is 0 Å². The van der Waals surface area contributed by atoms with Crippen molar-refractivity contribution in [2.75, 3.05) is 6.61 Å². The van der Waals surface area contributed by atoms with Gasteiger partial charge in [0.25, 0.3) is 0 Å². The first-order valence-corrected chi connectivity index (χ1v) is 7.68. The molecule has 19 heavy (non-hydrogen) atoms. The summed E-state index contributed by atoms with van der Waals surface area (Å²) in [5.74, 6) is 0.334. The first-order chi connectivity index (χ1) is 9.06. The van der Waals surface area contributed by atoms with Crippen LogP contribution in [0.15, 0.2) is 29.2 Å². The number of aliphatic hydroxyl groups is 1. The molecule has 1 aromatic rings. The molecular weight excluding hydrogens is 264 g/mol. The Morgan fingerprint density at radius 2 is 2.00 bits per heavy atom. The van der Waals surface area contributed by atoms with Crippen molar-refractivity contribution in [1.29, 1.82) is 5.26 Å². The van der Waals surface area contributed by atoms with E-state index in [4.69, 9.17) is 10.4 Å². The number of hydrogen-bond donors (Lipinski definition) is 2. The van der Waals surface area contributed by atoms with E-state index in [1.165, 1.54) is 24.3 Å². The Kier molecular flexibility index (Phi) is 4.20. The molecule has 1 saturated carbocycles. The average Bonchev–Trinajstić information content (AvgIpc) is 3.22. The molecule has 1 aromatic carbocycles. The standard InChI is InChI=1S/C13H16N2O3S/c14-9-10-1-5-12(6-2-10)19(17,18)15-13(7-8-16)11-3-4-11/h1-2,5-6,11,13,15-16H,3-4,7-8H2. The summed E-state index contributed by atoms with van der Waals surface area (Å²) in [7, 11) is -3.58. The van der Waals surface area contributed by atoms with Crippen LogP contribution in [0.2, 0.25) is 0 Å². The van der Waals surface area contributed by atoms with E-state index in [9.17, 15) is 8.42 Å². The fourth-order valence-corrected chi connectivity index (χ4v) is 3.34. The highest BCUT2D eigenvalue weighted by Gasteiger charge is 2.33. The molecule has 6 heteroatoms. The molecule has 1 aliphatic rings. The fourth-order valence-electron chi connectivity index (χ4n) is 2.00. The van der Waals surface area contributed by atoms with Crippen LogP contribution in [0, 0.1) is 17.2 Å². The summed E-state index contributed by atoms with van der Waals surface area (Å²) in [6.07, 6.45) is 2.43. The van der Waals surface area contributed by atoms with E-state index in [0.717, 1.165) is 12.8 Å². The van der Waals surface area contributed by atoms with Crippen LogP contribution in [0.1, 0.15) is 24.8 Å². The Morgan fingerprint density at radius 3 is 2.47 bits per heavy atom. The second-order valence-electron chi connectivity index (χ2n) is 4.71. The molecule has 1 fully saturated rings. The van der Waals surface area contributed by atoms with E-state index in [0.29, 0.717) is 17.9 Å².